The highest BCUT2D eigenvalue weighted by Crippen LogP contribution is 2.38. The van der Waals surface area contributed by atoms with Crippen molar-refractivity contribution in [1.82, 2.24) is 18.9 Å². The lowest BCUT2D eigenvalue weighted by atomic mass is 9.97. The molecule has 1 aromatic heterocycles. The molecule has 4 rings (SSSR count). The molecular weight excluding hydrogens is 545 g/mol. The molecule has 2 fully saturated rings. The van der Waals surface area contributed by atoms with Gasteiger partial charge in [0, 0.05) is 42.8 Å². The molecule has 226 valence electrons. The lowest BCUT2D eigenvalue weighted by molar-refractivity contribution is 0.0977. The monoisotopic (exact) mass is 589 g/mol. The number of likely N-dealkylation sites (N-methyl/N-ethyl adjacent to an activating group) is 1. The Hall–Kier alpha value is -2.76. The number of halogens is 1. The first-order valence-electron chi connectivity index (χ1n) is 14.4. The average Bonchev–Trinajstić information content (AvgIpc) is 3.18. The summed E-state index contributed by atoms with van der Waals surface area (Å²) in [7, 11) is -0.217. The molecule has 2 atom stereocenters. The number of anilines is 1. The number of nitrogens with one attached hydrogen (secondary N) is 1. The minimum Gasteiger partial charge on any atom is -0.493 e. The summed E-state index contributed by atoms with van der Waals surface area (Å²) in [6, 6.07) is 7.75. The second-order valence-corrected chi connectivity index (χ2v) is 14.4. The summed E-state index contributed by atoms with van der Waals surface area (Å²) in [5.41, 5.74) is 0.817. The van der Waals surface area contributed by atoms with E-state index in [1.165, 1.54) is 16.4 Å². The SMILES string of the molecule is CC(C)COc1cc(F)cc(-c2ccc(C(=O)NS(=O)(=O)N3CCCC(N(C)C)C3)c(N3CC(C)CC3(C)C)n2)c1. The number of ether oxygens (including phenoxy) is 1. The van der Waals surface area contributed by atoms with Gasteiger partial charge in [-0.2, -0.15) is 12.7 Å². The van der Waals surface area contributed by atoms with Crippen LogP contribution in [0.1, 0.15) is 64.2 Å². The van der Waals surface area contributed by atoms with E-state index in [-0.39, 0.29) is 23.1 Å². The van der Waals surface area contributed by atoms with Crippen LogP contribution in [0.2, 0.25) is 0 Å². The van der Waals surface area contributed by atoms with Crippen LogP contribution in [0.5, 0.6) is 5.75 Å². The zero-order chi connectivity index (χ0) is 30.1. The number of nitrogens with zero attached hydrogens (tertiary/aromatic N) is 4. The molecule has 2 aromatic rings. The molecule has 2 aliphatic heterocycles. The van der Waals surface area contributed by atoms with Gasteiger partial charge in [-0.05, 0) is 83.3 Å². The van der Waals surface area contributed by atoms with Crippen molar-refractivity contribution in [3.63, 3.8) is 0 Å². The van der Waals surface area contributed by atoms with Gasteiger partial charge in [0.2, 0.25) is 0 Å². The summed E-state index contributed by atoms with van der Waals surface area (Å²) in [4.78, 5) is 22.5. The van der Waals surface area contributed by atoms with E-state index in [1.807, 2.05) is 32.8 Å². The predicted molar refractivity (Wildman–Crippen MR) is 160 cm³/mol. The fourth-order valence-corrected chi connectivity index (χ4v) is 7.02. The lowest BCUT2D eigenvalue weighted by Gasteiger charge is -2.35. The topological polar surface area (TPSA) is 95.1 Å². The third-order valence-corrected chi connectivity index (χ3v) is 9.30. The Balaban J connectivity index is 1.70. The van der Waals surface area contributed by atoms with Crippen molar-refractivity contribution in [3.05, 3.63) is 41.7 Å². The summed E-state index contributed by atoms with van der Waals surface area (Å²) in [6.45, 7) is 12.1. The van der Waals surface area contributed by atoms with Crippen LogP contribution in [0.4, 0.5) is 10.2 Å². The number of rotatable bonds is 9. The zero-order valence-electron chi connectivity index (χ0n) is 25.3. The smallest absolute Gasteiger partial charge is 0.304 e. The van der Waals surface area contributed by atoms with Gasteiger partial charge < -0.3 is 14.5 Å². The second-order valence-electron chi connectivity index (χ2n) is 12.7. The third kappa shape index (κ3) is 7.37. The molecule has 0 bridgehead atoms. The fraction of sp³-hybridized carbons (Fsp3) is 0.600. The van der Waals surface area contributed by atoms with Crippen LogP contribution >= 0.6 is 0 Å². The van der Waals surface area contributed by atoms with Gasteiger partial charge in [0.15, 0.2) is 0 Å². The molecule has 0 saturated carbocycles. The summed E-state index contributed by atoms with van der Waals surface area (Å²) < 4.78 is 50.6. The van der Waals surface area contributed by atoms with E-state index in [0.717, 1.165) is 19.3 Å². The van der Waals surface area contributed by atoms with Crippen molar-refractivity contribution in [2.75, 3.05) is 45.2 Å². The molecule has 1 amide bonds. The first kappa shape index (κ1) is 31.2. The number of piperidine rings is 1. The van der Waals surface area contributed by atoms with E-state index >= 15 is 0 Å². The number of hydrogen-bond acceptors (Lipinski definition) is 7. The Morgan fingerprint density at radius 1 is 1.22 bits per heavy atom. The van der Waals surface area contributed by atoms with E-state index in [2.05, 4.69) is 30.4 Å². The molecule has 41 heavy (non-hydrogen) atoms. The van der Waals surface area contributed by atoms with Gasteiger partial charge in [0.05, 0.1) is 17.9 Å². The van der Waals surface area contributed by atoms with E-state index in [9.17, 15) is 17.6 Å². The van der Waals surface area contributed by atoms with Crippen molar-refractivity contribution >= 4 is 21.9 Å². The highest BCUT2D eigenvalue weighted by Gasteiger charge is 2.40. The number of carbonyl (C=O) groups excluding carboxylic acids is 1. The van der Waals surface area contributed by atoms with Gasteiger partial charge in [0.25, 0.3) is 5.91 Å². The summed E-state index contributed by atoms with van der Waals surface area (Å²) in [5.74, 6) is 0.211. The molecule has 3 heterocycles. The van der Waals surface area contributed by atoms with E-state index in [0.29, 0.717) is 55.0 Å². The third-order valence-electron chi connectivity index (χ3n) is 7.85. The Kier molecular flexibility index (Phi) is 9.30. The summed E-state index contributed by atoms with van der Waals surface area (Å²) in [6.07, 6.45) is 2.50. The van der Waals surface area contributed by atoms with Gasteiger partial charge in [-0.3, -0.25) is 4.79 Å². The highest BCUT2D eigenvalue weighted by molar-refractivity contribution is 7.87. The van der Waals surface area contributed by atoms with Crippen LogP contribution in [0.15, 0.2) is 30.3 Å². The number of carbonyl (C=O) groups is 1. The van der Waals surface area contributed by atoms with Crippen molar-refractivity contribution < 1.29 is 22.3 Å². The first-order chi connectivity index (χ1) is 19.2. The van der Waals surface area contributed by atoms with Gasteiger partial charge in [-0.25, -0.2) is 14.1 Å². The minimum atomic E-state index is -4.07. The average molecular weight is 590 g/mol. The minimum absolute atomic E-state index is 0.0829. The van der Waals surface area contributed by atoms with Crippen LogP contribution in [0.3, 0.4) is 0 Å². The summed E-state index contributed by atoms with van der Waals surface area (Å²) >= 11 is 0. The van der Waals surface area contributed by atoms with Crippen molar-refractivity contribution in [2.24, 2.45) is 11.8 Å². The molecule has 2 aliphatic rings. The number of benzene rings is 1. The maximum absolute atomic E-state index is 14.6. The van der Waals surface area contributed by atoms with Crippen LogP contribution in [0.25, 0.3) is 11.3 Å². The Labute approximate surface area is 244 Å². The van der Waals surface area contributed by atoms with Gasteiger partial charge in [-0.1, -0.05) is 20.8 Å². The molecule has 1 N–H and O–H groups in total. The quantitative estimate of drug-likeness (QED) is 0.459. The van der Waals surface area contributed by atoms with Crippen molar-refractivity contribution in [3.8, 4) is 17.0 Å². The molecular formula is C30H44FN5O4S. The molecule has 0 aliphatic carbocycles. The van der Waals surface area contributed by atoms with E-state index in [1.54, 1.807) is 18.2 Å². The standard InChI is InChI=1S/C30H44FN5O4S/c1-20(2)19-40-25-14-22(13-23(31)15-25)27-11-10-26(28(32-27)36-17-21(3)16-30(36,4)5)29(37)33-41(38,39)35-12-8-9-24(18-35)34(6)7/h10-11,13-15,20-21,24H,8-9,12,16-19H2,1-7H3,(H,33,37). The van der Waals surface area contributed by atoms with Gasteiger partial charge in [-0.15, -0.1) is 0 Å². The molecule has 11 heteroatoms. The van der Waals surface area contributed by atoms with Crippen LogP contribution < -0.4 is 14.4 Å². The fourth-order valence-electron chi connectivity index (χ4n) is 5.81. The predicted octanol–water partition coefficient (Wildman–Crippen LogP) is 4.55. The molecule has 0 radical (unpaired) electrons. The Morgan fingerprint density at radius 2 is 1.95 bits per heavy atom. The van der Waals surface area contributed by atoms with E-state index < -0.39 is 21.9 Å². The number of amides is 1. The van der Waals surface area contributed by atoms with Crippen molar-refractivity contribution in [1.29, 1.82) is 0 Å². The Bertz CT molecular complexity index is 1360. The van der Waals surface area contributed by atoms with E-state index in [4.69, 9.17) is 9.72 Å². The molecule has 9 nitrogen and oxygen atoms in total. The van der Waals surface area contributed by atoms with Crippen molar-refractivity contribution in [2.45, 2.75) is 65.5 Å². The molecule has 0 spiro atoms. The highest BCUT2D eigenvalue weighted by atomic mass is 32.2. The number of aromatic nitrogens is 1. The number of pyridine rings is 1. The van der Waals surface area contributed by atoms with Gasteiger partial charge in [0.1, 0.15) is 17.4 Å². The van der Waals surface area contributed by atoms with Crippen LogP contribution in [-0.4, -0.2) is 80.4 Å². The normalized spacial score (nSPS) is 21.5. The van der Waals surface area contributed by atoms with Gasteiger partial charge >= 0.3 is 10.2 Å². The first-order valence-corrected chi connectivity index (χ1v) is 15.8. The maximum atomic E-state index is 14.6. The van der Waals surface area contributed by atoms with Crippen LogP contribution in [0, 0.1) is 17.7 Å². The number of hydrogen-bond donors (Lipinski definition) is 1. The maximum Gasteiger partial charge on any atom is 0.304 e. The van der Waals surface area contributed by atoms with Crippen LogP contribution in [-0.2, 0) is 10.2 Å². The zero-order valence-corrected chi connectivity index (χ0v) is 26.1. The molecule has 1 aromatic carbocycles. The second kappa shape index (κ2) is 12.2. The summed E-state index contributed by atoms with van der Waals surface area (Å²) in [5, 5.41) is 0. The lowest BCUT2D eigenvalue weighted by Crippen LogP contribution is -2.52. The Morgan fingerprint density at radius 3 is 2.59 bits per heavy atom. The largest absolute Gasteiger partial charge is 0.493 e. The molecule has 2 saturated heterocycles. The molecule has 2 unspecified atom stereocenters.